The fourth-order valence-electron chi connectivity index (χ4n) is 2.82. The smallest absolute Gasteiger partial charge is 0.251 e. The molecule has 0 radical (unpaired) electrons. The molecule has 3 rings (SSSR count). The zero-order valence-corrected chi connectivity index (χ0v) is 14.6. The summed E-state index contributed by atoms with van der Waals surface area (Å²) < 4.78 is 18.5. The number of nitrogens with one attached hydrogen (secondary N) is 1. The number of carbonyl (C=O) groups excluding carboxylic acids is 2. The molecule has 0 bridgehead atoms. The first-order valence-corrected chi connectivity index (χ1v) is 8.66. The quantitative estimate of drug-likeness (QED) is 0.775. The highest BCUT2D eigenvalue weighted by atomic mass is 19.1. The zero-order chi connectivity index (χ0) is 18.5. The van der Waals surface area contributed by atoms with Gasteiger partial charge < -0.3 is 10.1 Å². The van der Waals surface area contributed by atoms with Gasteiger partial charge in [0.05, 0.1) is 24.8 Å². The van der Waals surface area contributed by atoms with Crippen molar-refractivity contribution in [3.05, 3.63) is 59.9 Å². The van der Waals surface area contributed by atoms with Crippen LogP contribution in [0.5, 0.6) is 5.75 Å². The van der Waals surface area contributed by atoms with E-state index >= 15 is 0 Å². The predicted octanol–water partition coefficient (Wildman–Crippen LogP) is 3.04. The normalized spacial score (nSPS) is 17.0. The molecule has 2 aromatic rings. The number of ether oxygens (including phenoxy) is 1. The molecule has 1 aliphatic rings. The molecule has 2 aromatic carbocycles. The third-order valence-electron chi connectivity index (χ3n) is 4.18. The minimum atomic E-state index is -0.580. The second-order valence-electron chi connectivity index (χ2n) is 6.17. The summed E-state index contributed by atoms with van der Waals surface area (Å²) in [6.45, 7) is 3.03. The Balaban J connectivity index is 1.63. The number of imide groups is 1. The Hall–Kier alpha value is -2.73. The van der Waals surface area contributed by atoms with E-state index in [9.17, 15) is 14.0 Å². The Labute approximate surface area is 151 Å². The molecular formula is C20H21FN2O3. The van der Waals surface area contributed by atoms with Gasteiger partial charge in [-0.3, -0.25) is 9.59 Å². The van der Waals surface area contributed by atoms with Crippen molar-refractivity contribution in [1.29, 1.82) is 0 Å². The molecule has 6 heteroatoms. The lowest BCUT2D eigenvalue weighted by Crippen LogP contribution is -2.38. The summed E-state index contributed by atoms with van der Waals surface area (Å²) in [5, 5.41) is 3.08. The minimum Gasteiger partial charge on any atom is -0.494 e. The molecular weight excluding hydrogens is 335 g/mol. The van der Waals surface area contributed by atoms with Crippen LogP contribution in [0.3, 0.4) is 0 Å². The molecule has 0 spiro atoms. The van der Waals surface area contributed by atoms with Crippen LogP contribution in [-0.2, 0) is 16.1 Å². The Morgan fingerprint density at radius 2 is 1.81 bits per heavy atom. The summed E-state index contributed by atoms with van der Waals surface area (Å²) >= 11 is 0. The van der Waals surface area contributed by atoms with Gasteiger partial charge in [-0.05, 0) is 48.4 Å². The van der Waals surface area contributed by atoms with Crippen molar-refractivity contribution < 1.29 is 18.7 Å². The van der Waals surface area contributed by atoms with Crippen LogP contribution in [-0.4, -0.2) is 24.5 Å². The van der Waals surface area contributed by atoms with Crippen molar-refractivity contribution >= 4 is 17.5 Å². The number of rotatable bonds is 7. The molecule has 0 saturated carbocycles. The van der Waals surface area contributed by atoms with E-state index in [-0.39, 0.29) is 24.1 Å². The number of benzene rings is 2. The average Bonchev–Trinajstić information content (AvgIpc) is 2.93. The van der Waals surface area contributed by atoms with Gasteiger partial charge in [-0.15, -0.1) is 0 Å². The summed E-state index contributed by atoms with van der Waals surface area (Å²) in [4.78, 5) is 26.1. The van der Waals surface area contributed by atoms with Crippen molar-refractivity contribution in [3.63, 3.8) is 0 Å². The maximum atomic E-state index is 12.9. The van der Waals surface area contributed by atoms with E-state index in [2.05, 4.69) is 5.32 Å². The zero-order valence-electron chi connectivity index (χ0n) is 14.6. The Morgan fingerprint density at radius 3 is 2.46 bits per heavy atom. The van der Waals surface area contributed by atoms with E-state index in [4.69, 9.17) is 4.74 Å². The molecule has 5 nitrogen and oxygen atoms in total. The molecule has 26 heavy (non-hydrogen) atoms. The number of halogens is 1. The highest BCUT2D eigenvalue weighted by Crippen LogP contribution is 2.25. The van der Waals surface area contributed by atoms with Crippen LogP contribution >= 0.6 is 0 Å². The first-order chi connectivity index (χ1) is 12.6. The predicted molar refractivity (Wildman–Crippen MR) is 96.4 cm³/mol. The lowest BCUT2D eigenvalue weighted by Gasteiger charge is -2.16. The monoisotopic (exact) mass is 356 g/mol. The molecule has 0 aromatic heterocycles. The second kappa shape index (κ2) is 8.10. The van der Waals surface area contributed by atoms with Crippen LogP contribution in [0, 0.1) is 5.82 Å². The largest absolute Gasteiger partial charge is 0.494 e. The highest BCUT2D eigenvalue weighted by molar-refractivity contribution is 6.22. The van der Waals surface area contributed by atoms with Crippen molar-refractivity contribution in [2.75, 3.05) is 11.5 Å². The summed E-state index contributed by atoms with van der Waals surface area (Å²) in [7, 11) is 0. The van der Waals surface area contributed by atoms with E-state index in [1.54, 1.807) is 36.4 Å². The lowest BCUT2D eigenvalue weighted by atomic mass is 10.2. The Morgan fingerprint density at radius 1 is 1.12 bits per heavy atom. The molecule has 1 aliphatic heterocycles. The van der Waals surface area contributed by atoms with Crippen molar-refractivity contribution in [3.8, 4) is 5.75 Å². The van der Waals surface area contributed by atoms with Crippen LogP contribution in [0.1, 0.15) is 25.3 Å². The van der Waals surface area contributed by atoms with E-state index in [1.807, 2.05) is 6.92 Å². The Kier molecular flexibility index (Phi) is 5.63. The fraction of sp³-hybridized carbons (Fsp3) is 0.300. The van der Waals surface area contributed by atoms with Crippen molar-refractivity contribution in [2.24, 2.45) is 0 Å². The van der Waals surface area contributed by atoms with Crippen LogP contribution in [0.25, 0.3) is 0 Å². The molecule has 1 unspecified atom stereocenters. The van der Waals surface area contributed by atoms with E-state index < -0.39 is 6.04 Å². The van der Waals surface area contributed by atoms with Crippen molar-refractivity contribution in [2.45, 2.75) is 32.4 Å². The average molecular weight is 356 g/mol. The van der Waals surface area contributed by atoms with Crippen LogP contribution in [0.15, 0.2) is 48.5 Å². The maximum absolute atomic E-state index is 12.9. The lowest BCUT2D eigenvalue weighted by molar-refractivity contribution is -0.121. The summed E-state index contributed by atoms with van der Waals surface area (Å²) in [5.74, 6) is -0.118. The molecule has 2 amide bonds. The summed E-state index contributed by atoms with van der Waals surface area (Å²) in [6.07, 6.45) is 1.01. The van der Waals surface area contributed by atoms with Gasteiger partial charge >= 0.3 is 0 Å². The fourth-order valence-corrected chi connectivity index (χ4v) is 2.82. The molecule has 0 aliphatic carbocycles. The van der Waals surface area contributed by atoms with Gasteiger partial charge in [0.1, 0.15) is 11.6 Å². The van der Waals surface area contributed by atoms with Gasteiger partial charge in [-0.25, -0.2) is 9.29 Å². The van der Waals surface area contributed by atoms with Gasteiger partial charge in [-0.1, -0.05) is 19.1 Å². The Bertz CT molecular complexity index is 775. The summed E-state index contributed by atoms with van der Waals surface area (Å²) in [6, 6.07) is 12.4. The van der Waals surface area contributed by atoms with E-state index in [0.717, 1.165) is 12.0 Å². The topological polar surface area (TPSA) is 58.6 Å². The summed E-state index contributed by atoms with van der Waals surface area (Å²) in [5.41, 5.74) is 1.39. The molecule has 1 heterocycles. The van der Waals surface area contributed by atoms with Crippen LogP contribution in [0.4, 0.5) is 10.1 Å². The van der Waals surface area contributed by atoms with Gasteiger partial charge in [0.15, 0.2) is 0 Å². The number of carbonyl (C=O) groups is 2. The molecule has 136 valence electrons. The maximum Gasteiger partial charge on any atom is 0.251 e. The first kappa shape index (κ1) is 18.1. The van der Waals surface area contributed by atoms with Crippen molar-refractivity contribution in [1.82, 2.24) is 5.32 Å². The molecule has 1 atom stereocenters. The van der Waals surface area contributed by atoms with Crippen LogP contribution < -0.4 is 15.0 Å². The number of amides is 2. The number of anilines is 1. The molecule has 1 saturated heterocycles. The van der Waals surface area contributed by atoms with Gasteiger partial charge in [0, 0.05) is 6.54 Å². The number of hydrogen-bond donors (Lipinski definition) is 1. The molecule has 1 fully saturated rings. The first-order valence-electron chi connectivity index (χ1n) is 8.66. The number of hydrogen-bond acceptors (Lipinski definition) is 4. The SMILES string of the molecule is CCCOc1ccc(N2C(=O)CC(NCc3ccc(F)cc3)C2=O)cc1. The molecule has 1 N–H and O–H groups in total. The van der Waals surface area contributed by atoms with Gasteiger partial charge in [0.2, 0.25) is 5.91 Å². The third kappa shape index (κ3) is 4.08. The minimum absolute atomic E-state index is 0.105. The highest BCUT2D eigenvalue weighted by Gasteiger charge is 2.39. The van der Waals surface area contributed by atoms with E-state index in [1.165, 1.54) is 17.0 Å². The standard InChI is InChI=1S/C20H21FN2O3/c1-2-11-26-17-9-7-16(8-10-17)23-19(24)12-18(20(23)25)22-13-14-3-5-15(21)6-4-14/h3-10,18,22H,2,11-13H2,1H3. The number of nitrogens with zero attached hydrogens (tertiary/aromatic N) is 1. The van der Waals surface area contributed by atoms with Gasteiger partial charge in [-0.2, -0.15) is 0 Å². The second-order valence-corrected chi connectivity index (χ2v) is 6.17. The third-order valence-corrected chi connectivity index (χ3v) is 4.18. The van der Waals surface area contributed by atoms with Crippen LogP contribution in [0.2, 0.25) is 0 Å². The van der Waals surface area contributed by atoms with E-state index in [0.29, 0.717) is 24.6 Å². The van der Waals surface area contributed by atoms with Gasteiger partial charge in [0.25, 0.3) is 5.91 Å².